The van der Waals surface area contributed by atoms with Gasteiger partial charge in [-0.15, -0.1) is 52.7 Å². The van der Waals surface area contributed by atoms with Gasteiger partial charge in [-0.1, -0.05) is 42.5 Å². The Morgan fingerprint density at radius 3 is 2.24 bits per heavy atom. The second-order valence-corrected chi connectivity index (χ2v) is 8.88. The van der Waals surface area contributed by atoms with Gasteiger partial charge < -0.3 is 33.9 Å². The van der Waals surface area contributed by atoms with Crippen LogP contribution >= 0.6 is 0 Å². The number of fused-ring (bicyclic) bond motifs is 3. The van der Waals surface area contributed by atoms with E-state index in [-0.39, 0.29) is 57.1 Å². The molecule has 2 nitrogen and oxygen atoms in total. The molecule has 0 saturated carbocycles. The Hall–Kier alpha value is -2.71. The number of allylic oxidation sites excluding steroid dienone is 1. The summed E-state index contributed by atoms with van der Waals surface area (Å²) in [6, 6.07) is 34.5. The Kier molecular flexibility index (Phi) is 9.53. The quantitative estimate of drug-likeness (QED) is 0.270. The second kappa shape index (κ2) is 12.2. The van der Waals surface area contributed by atoms with E-state index in [0.717, 1.165) is 0 Å². The van der Waals surface area contributed by atoms with Crippen molar-refractivity contribution >= 4 is 27.8 Å². The summed E-state index contributed by atoms with van der Waals surface area (Å²) in [4.78, 5) is 0. The zero-order valence-corrected chi connectivity index (χ0v) is 24.7. The third kappa shape index (κ3) is 5.32. The number of hydrogen-bond donors (Lipinski definition) is 0. The predicted molar refractivity (Wildman–Crippen MR) is 143 cm³/mol. The minimum absolute atomic E-state index is 0. The maximum absolute atomic E-state index is 3.36. The average molecular weight is 601 g/mol. The third-order valence-electron chi connectivity index (χ3n) is 6.90. The van der Waals surface area contributed by atoms with Gasteiger partial charge >= 0.3 is 26.2 Å². The number of nitrogens with zero attached hydrogens (tertiary/aromatic N) is 2. The first-order chi connectivity index (χ1) is 16.7. The summed E-state index contributed by atoms with van der Waals surface area (Å²) in [6.07, 6.45) is 9.59. The zero-order valence-electron chi connectivity index (χ0n) is 20.7. The van der Waals surface area contributed by atoms with Crippen molar-refractivity contribution in [2.24, 2.45) is 0 Å². The van der Waals surface area contributed by atoms with Crippen LogP contribution in [0.3, 0.4) is 0 Å². The molecular formula is C32H26Cl2N2Zr. The number of aromatic nitrogens is 2. The molecule has 0 radical (unpaired) electrons. The van der Waals surface area contributed by atoms with Crippen LogP contribution in [-0.2, 0) is 26.2 Å². The predicted octanol–water partition coefficient (Wildman–Crippen LogP) is 2.03. The van der Waals surface area contributed by atoms with Crippen LogP contribution in [0.25, 0.3) is 33.4 Å². The SMILES string of the molecule is Cc1c(C)n(-c2cc3ccccc3[cH-]2)c2ccccc12.[C-]1=Cc2ccccc2C1n1cccc1.[Cl-].[Cl-].[Zr+4]. The topological polar surface area (TPSA) is 9.86 Å². The van der Waals surface area contributed by atoms with Crippen molar-refractivity contribution in [2.75, 3.05) is 0 Å². The minimum Gasteiger partial charge on any atom is -1.00 e. The summed E-state index contributed by atoms with van der Waals surface area (Å²) in [7, 11) is 0. The molecule has 5 heteroatoms. The van der Waals surface area contributed by atoms with Gasteiger partial charge in [0, 0.05) is 23.5 Å². The van der Waals surface area contributed by atoms with Gasteiger partial charge in [0.05, 0.1) is 5.52 Å². The van der Waals surface area contributed by atoms with E-state index < -0.39 is 0 Å². The molecule has 0 N–H and O–H groups in total. The molecule has 0 spiro atoms. The Balaban J connectivity index is 0.000000200. The molecule has 1 atom stereocenters. The van der Waals surface area contributed by atoms with Crippen molar-refractivity contribution in [3.63, 3.8) is 0 Å². The average Bonchev–Trinajstić information content (AvgIpc) is 3.66. The van der Waals surface area contributed by atoms with E-state index in [2.05, 4.69) is 132 Å². The number of halogens is 2. The first kappa shape index (κ1) is 28.9. The molecule has 0 fully saturated rings. The second-order valence-electron chi connectivity index (χ2n) is 8.88. The molecule has 2 heterocycles. The van der Waals surface area contributed by atoms with E-state index in [1.54, 1.807) is 0 Å². The summed E-state index contributed by atoms with van der Waals surface area (Å²) in [5.41, 5.74) is 7.85. The normalized spacial score (nSPS) is 13.2. The van der Waals surface area contributed by atoms with Gasteiger partial charge in [0.25, 0.3) is 0 Å². The maximum Gasteiger partial charge on any atom is 4.00 e. The van der Waals surface area contributed by atoms with Gasteiger partial charge in [-0.05, 0) is 49.3 Å². The first-order valence-electron chi connectivity index (χ1n) is 11.7. The van der Waals surface area contributed by atoms with Gasteiger partial charge in [-0.25, -0.2) is 12.2 Å². The molecule has 0 aliphatic heterocycles. The molecule has 37 heavy (non-hydrogen) atoms. The Morgan fingerprint density at radius 2 is 1.46 bits per heavy atom. The molecule has 1 aliphatic rings. The molecule has 6 aromatic rings. The van der Waals surface area contributed by atoms with E-state index in [1.807, 2.05) is 12.1 Å². The van der Waals surface area contributed by atoms with E-state index in [1.165, 1.54) is 49.7 Å². The van der Waals surface area contributed by atoms with Crippen LogP contribution in [0.5, 0.6) is 0 Å². The van der Waals surface area contributed by atoms with Crippen LogP contribution < -0.4 is 24.8 Å². The molecule has 0 amide bonds. The molecule has 0 bridgehead atoms. The summed E-state index contributed by atoms with van der Waals surface area (Å²) in [5, 5.41) is 3.95. The van der Waals surface area contributed by atoms with Gasteiger partial charge in [0.2, 0.25) is 0 Å². The molecular weight excluding hydrogens is 574 g/mol. The van der Waals surface area contributed by atoms with Crippen molar-refractivity contribution in [1.82, 2.24) is 9.13 Å². The monoisotopic (exact) mass is 598 g/mol. The van der Waals surface area contributed by atoms with Crippen LogP contribution in [0.15, 0.2) is 109 Å². The van der Waals surface area contributed by atoms with Gasteiger partial charge in [-0.2, -0.15) is 5.56 Å². The van der Waals surface area contributed by atoms with E-state index in [9.17, 15) is 0 Å². The van der Waals surface area contributed by atoms with Crippen molar-refractivity contribution in [2.45, 2.75) is 19.9 Å². The summed E-state index contributed by atoms with van der Waals surface area (Å²) in [6.45, 7) is 4.41. The standard InChI is InChI=1S/C19H16N.C13H10N.2ClH.Zr/c1-13-14(2)20(19-10-6-5-9-18(13)19)17-11-15-7-3-4-8-16(15)12-17;1-2-6-12-11(5-1)7-8-13(12)14-9-3-4-10-14;;;/h3-12H,1-2H3;1-7,9-10,13H;2*1H;/q2*-1;;;+4/p-2. The number of aryl methyl sites for hydroxylation is 1. The van der Waals surface area contributed by atoms with Crippen LogP contribution in [0.1, 0.15) is 28.4 Å². The van der Waals surface area contributed by atoms with Crippen LogP contribution in [0, 0.1) is 19.9 Å². The molecule has 0 saturated heterocycles. The van der Waals surface area contributed by atoms with Gasteiger partial charge in [-0.3, -0.25) is 0 Å². The molecule has 1 aliphatic carbocycles. The summed E-state index contributed by atoms with van der Waals surface area (Å²) >= 11 is 0. The number of para-hydroxylation sites is 1. The minimum atomic E-state index is 0. The van der Waals surface area contributed by atoms with Crippen molar-refractivity contribution in [1.29, 1.82) is 0 Å². The molecule has 2 aromatic heterocycles. The van der Waals surface area contributed by atoms with E-state index in [4.69, 9.17) is 0 Å². The van der Waals surface area contributed by atoms with Crippen LogP contribution in [-0.4, -0.2) is 9.13 Å². The van der Waals surface area contributed by atoms with Crippen molar-refractivity contribution in [3.05, 3.63) is 138 Å². The van der Waals surface area contributed by atoms with E-state index in [0.29, 0.717) is 0 Å². The molecule has 7 rings (SSSR count). The Morgan fingerprint density at radius 1 is 0.784 bits per heavy atom. The summed E-state index contributed by atoms with van der Waals surface area (Å²) in [5.74, 6) is 0. The first-order valence-corrected chi connectivity index (χ1v) is 11.7. The van der Waals surface area contributed by atoms with Crippen molar-refractivity contribution in [3.8, 4) is 5.69 Å². The number of rotatable bonds is 2. The fourth-order valence-electron chi connectivity index (χ4n) is 5.04. The molecule has 182 valence electrons. The third-order valence-corrected chi connectivity index (χ3v) is 6.90. The fourth-order valence-corrected chi connectivity index (χ4v) is 5.04. The molecule has 4 aromatic carbocycles. The smallest absolute Gasteiger partial charge is 1.00 e. The largest absolute Gasteiger partial charge is 4.00 e. The van der Waals surface area contributed by atoms with Crippen LogP contribution in [0.2, 0.25) is 0 Å². The maximum atomic E-state index is 3.36. The molecule has 1 unspecified atom stereocenters. The fraction of sp³-hybridized carbons (Fsp3) is 0.0938. The van der Waals surface area contributed by atoms with Crippen LogP contribution in [0.4, 0.5) is 0 Å². The van der Waals surface area contributed by atoms with Crippen molar-refractivity contribution < 1.29 is 51.0 Å². The van der Waals surface area contributed by atoms with E-state index >= 15 is 0 Å². The zero-order chi connectivity index (χ0) is 23.1. The number of benzene rings is 3. The number of hydrogen-bond acceptors (Lipinski definition) is 0. The van der Waals surface area contributed by atoms with Gasteiger partial charge in [0.1, 0.15) is 0 Å². The Bertz CT molecular complexity index is 1610. The Labute approximate surface area is 249 Å². The summed E-state index contributed by atoms with van der Waals surface area (Å²) < 4.78 is 4.53. The van der Waals surface area contributed by atoms with Gasteiger partial charge in [0.15, 0.2) is 0 Å².